The fourth-order valence-electron chi connectivity index (χ4n) is 4.61. The van der Waals surface area contributed by atoms with Crippen molar-refractivity contribution in [2.75, 3.05) is 0 Å². The quantitative estimate of drug-likeness (QED) is 0.266. The average molecular weight is 384 g/mol. The normalized spacial score (nSPS) is 12.0. The van der Waals surface area contributed by atoms with Crippen LogP contribution in [0.15, 0.2) is 106 Å². The van der Waals surface area contributed by atoms with Crippen molar-refractivity contribution in [1.29, 1.82) is 0 Å². The Kier molecular flexibility index (Phi) is 3.03. The third kappa shape index (κ3) is 2.19. The summed E-state index contributed by atoms with van der Waals surface area (Å²) in [6.45, 7) is 0. The molecule has 0 fully saturated rings. The van der Waals surface area contributed by atoms with Gasteiger partial charge in [0.2, 0.25) is 0 Å². The van der Waals surface area contributed by atoms with E-state index < -0.39 is 0 Å². The minimum Gasteiger partial charge on any atom is -0.464 e. The Hall–Kier alpha value is -4.04. The smallest absolute Gasteiger partial charge is 0.135 e. The molecule has 30 heavy (non-hydrogen) atoms. The van der Waals surface area contributed by atoms with Gasteiger partial charge in [-0.3, -0.25) is 0 Å². The number of hydrogen-bond acceptors (Lipinski definition) is 2. The van der Waals surface area contributed by atoms with Gasteiger partial charge in [-0.25, -0.2) is 0 Å². The van der Waals surface area contributed by atoms with Crippen molar-refractivity contribution in [1.82, 2.24) is 0 Å². The van der Waals surface area contributed by atoms with Crippen molar-refractivity contribution < 1.29 is 8.83 Å². The summed E-state index contributed by atoms with van der Waals surface area (Å²) >= 11 is 0. The Balaban J connectivity index is 1.53. The predicted octanol–water partition coefficient (Wildman–Crippen LogP) is 8.31. The number of fused-ring (bicyclic) bond motifs is 7. The van der Waals surface area contributed by atoms with Crippen molar-refractivity contribution in [3.05, 3.63) is 97.3 Å². The first-order valence-electron chi connectivity index (χ1n) is 10.1. The molecule has 0 amide bonds. The van der Waals surface area contributed by atoms with Gasteiger partial charge in [0, 0.05) is 16.3 Å². The second kappa shape index (κ2) is 5.74. The van der Waals surface area contributed by atoms with Gasteiger partial charge >= 0.3 is 0 Å². The Labute approximate surface area is 171 Å². The molecule has 0 radical (unpaired) electrons. The van der Waals surface area contributed by atoms with Crippen LogP contribution in [0, 0.1) is 0 Å². The number of hydrogen-bond donors (Lipinski definition) is 0. The highest BCUT2D eigenvalue weighted by Gasteiger charge is 2.11. The topological polar surface area (TPSA) is 26.3 Å². The molecule has 0 bridgehead atoms. The van der Waals surface area contributed by atoms with Crippen molar-refractivity contribution >= 4 is 54.3 Å². The molecule has 0 spiro atoms. The Morgan fingerprint density at radius 3 is 1.93 bits per heavy atom. The minimum absolute atomic E-state index is 0.901. The summed E-state index contributed by atoms with van der Waals surface area (Å²) in [6, 6.07) is 32.0. The van der Waals surface area contributed by atoms with Crippen LogP contribution in [0.2, 0.25) is 0 Å². The van der Waals surface area contributed by atoms with Gasteiger partial charge in [0.15, 0.2) is 0 Å². The summed E-state index contributed by atoms with van der Waals surface area (Å²) in [5, 5.41) is 9.65. The predicted molar refractivity (Wildman–Crippen MR) is 124 cm³/mol. The van der Waals surface area contributed by atoms with Crippen LogP contribution in [0.4, 0.5) is 0 Å². The maximum Gasteiger partial charge on any atom is 0.135 e. The van der Waals surface area contributed by atoms with Crippen molar-refractivity contribution in [3.8, 4) is 11.3 Å². The molecule has 0 aliphatic carbocycles. The molecule has 0 saturated carbocycles. The van der Waals surface area contributed by atoms with E-state index in [-0.39, 0.29) is 0 Å². The monoisotopic (exact) mass is 384 g/mol. The van der Waals surface area contributed by atoms with E-state index in [9.17, 15) is 0 Å². The largest absolute Gasteiger partial charge is 0.464 e. The van der Waals surface area contributed by atoms with Crippen LogP contribution in [-0.4, -0.2) is 0 Å². The summed E-state index contributed by atoms with van der Waals surface area (Å²) in [7, 11) is 0. The number of rotatable bonds is 1. The van der Waals surface area contributed by atoms with Crippen molar-refractivity contribution in [2.24, 2.45) is 0 Å². The van der Waals surface area contributed by atoms with Crippen LogP contribution >= 0.6 is 0 Å². The Morgan fingerprint density at radius 2 is 1.17 bits per heavy atom. The zero-order chi connectivity index (χ0) is 19.7. The van der Waals surface area contributed by atoms with Crippen LogP contribution in [-0.2, 0) is 0 Å². The first-order chi connectivity index (χ1) is 14.8. The highest BCUT2D eigenvalue weighted by atomic mass is 16.3. The number of furan rings is 2. The van der Waals surface area contributed by atoms with Crippen molar-refractivity contribution in [2.45, 2.75) is 0 Å². The van der Waals surface area contributed by atoms with E-state index in [1.54, 1.807) is 6.26 Å². The summed E-state index contributed by atoms with van der Waals surface area (Å²) in [5.41, 5.74) is 2.94. The molecule has 2 heteroatoms. The molecule has 0 unspecified atom stereocenters. The molecule has 5 aromatic carbocycles. The van der Waals surface area contributed by atoms with Gasteiger partial charge in [-0.05, 0) is 68.7 Å². The second-order valence-electron chi connectivity index (χ2n) is 7.85. The SMILES string of the molecule is c1ccc(-c2cc3cc4c(ccc5c6cc7ccoc7cc6ccc45)cc3o2)cc1. The van der Waals surface area contributed by atoms with Crippen LogP contribution in [0.5, 0.6) is 0 Å². The molecule has 2 heterocycles. The fourth-order valence-corrected chi connectivity index (χ4v) is 4.61. The lowest BCUT2D eigenvalue weighted by molar-refractivity contribution is 0.616. The van der Waals surface area contributed by atoms with Crippen LogP contribution < -0.4 is 0 Å². The highest BCUT2D eigenvalue weighted by molar-refractivity contribution is 6.20. The maximum atomic E-state index is 6.17. The van der Waals surface area contributed by atoms with E-state index >= 15 is 0 Å². The summed E-state index contributed by atoms with van der Waals surface area (Å²) in [5.74, 6) is 0.901. The zero-order valence-corrected chi connectivity index (χ0v) is 16.1. The fraction of sp³-hybridized carbons (Fsp3) is 0. The van der Waals surface area contributed by atoms with Crippen LogP contribution in [0.1, 0.15) is 0 Å². The average Bonchev–Trinajstić information content (AvgIpc) is 3.42. The lowest BCUT2D eigenvalue weighted by Gasteiger charge is -2.08. The van der Waals surface area contributed by atoms with E-state index in [0.717, 1.165) is 33.3 Å². The first-order valence-corrected chi connectivity index (χ1v) is 10.1. The van der Waals surface area contributed by atoms with Gasteiger partial charge in [0.05, 0.1) is 6.26 Å². The van der Waals surface area contributed by atoms with Gasteiger partial charge in [0.1, 0.15) is 16.9 Å². The molecule has 7 aromatic rings. The standard InChI is InChI=1S/C28H16O2/c1-2-4-17(5-3-1)27-16-21-13-25-19(15-28(21)30-27)7-9-22-23(25)8-6-18-14-26-20(10-11-29-26)12-24(18)22/h1-16H. The molecule has 0 aliphatic heterocycles. The molecular formula is C28H16O2. The van der Waals surface area contributed by atoms with Gasteiger partial charge in [-0.15, -0.1) is 0 Å². The molecule has 2 nitrogen and oxygen atoms in total. The Morgan fingerprint density at radius 1 is 0.467 bits per heavy atom. The zero-order valence-electron chi connectivity index (χ0n) is 16.1. The van der Waals surface area contributed by atoms with Gasteiger partial charge in [-0.2, -0.15) is 0 Å². The highest BCUT2D eigenvalue weighted by Crippen LogP contribution is 2.37. The molecule has 0 N–H and O–H groups in total. The van der Waals surface area contributed by atoms with Crippen LogP contribution in [0.25, 0.3) is 65.6 Å². The number of benzene rings is 5. The van der Waals surface area contributed by atoms with E-state index in [1.165, 1.54) is 32.3 Å². The molecule has 0 atom stereocenters. The molecule has 2 aromatic heterocycles. The minimum atomic E-state index is 0.901. The molecule has 7 rings (SSSR count). The summed E-state index contributed by atoms with van der Waals surface area (Å²) in [4.78, 5) is 0. The van der Waals surface area contributed by atoms with E-state index in [1.807, 2.05) is 24.3 Å². The summed E-state index contributed by atoms with van der Waals surface area (Å²) < 4.78 is 11.8. The maximum absolute atomic E-state index is 6.17. The summed E-state index contributed by atoms with van der Waals surface area (Å²) in [6.07, 6.45) is 1.75. The van der Waals surface area contributed by atoms with Gasteiger partial charge in [0.25, 0.3) is 0 Å². The molecular weight excluding hydrogens is 368 g/mol. The second-order valence-corrected chi connectivity index (χ2v) is 7.85. The molecule has 0 aliphatic rings. The van der Waals surface area contributed by atoms with E-state index in [0.29, 0.717) is 0 Å². The molecule has 0 saturated heterocycles. The third-order valence-electron chi connectivity index (χ3n) is 6.10. The molecule has 140 valence electrons. The lowest BCUT2D eigenvalue weighted by atomic mass is 9.96. The van der Waals surface area contributed by atoms with Gasteiger partial charge < -0.3 is 8.83 Å². The third-order valence-corrected chi connectivity index (χ3v) is 6.10. The van der Waals surface area contributed by atoms with Crippen LogP contribution in [0.3, 0.4) is 0 Å². The van der Waals surface area contributed by atoms with Gasteiger partial charge in [-0.1, -0.05) is 54.6 Å². The van der Waals surface area contributed by atoms with Crippen molar-refractivity contribution in [3.63, 3.8) is 0 Å². The van der Waals surface area contributed by atoms with E-state index in [4.69, 9.17) is 8.83 Å². The van der Waals surface area contributed by atoms with E-state index in [2.05, 4.69) is 66.7 Å². The lowest BCUT2D eigenvalue weighted by Crippen LogP contribution is -1.81. The Bertz CT molecular complexity index is 1730. The first kappa shape index (κ1) is 15.8.